The van der Waals surface area contributed by atoms with E-state index in [-0.39, 0.29) is 65.4 Å². The van der Waals surface area contributed by atoms with Crippen LogP contribution in [0.25, 0.3) is 0 Å². The molecule has 0 saturated heterocycles. The third-order valence-electron chi connectivity index (χ3n) is 11.2. The average molecular weight is 523 g/mol. The molecular formula is C28H46N2O7. The topological polar surface area (TPSA) is 156 Å². The standard InChI is InChI=1S/C28H46N2O7/c1-15(4-7-23(34)29-13-24(35)30-14-25(36)37)18-5-6-19-26-20(12-22(33)28(18,19)3)27(2)9-8-17(31)10-16(27)11-21(26)32/h15-22,26,31-33H,4-14H2,1-3H3,(H,29,34)(H,30,35)(H,36,37)/t15-,16?,17-,18-,19+,20+,21-,22-,26+,27+,28-/m1/s1. The van der Waals surface area contributed by atoms with Crippen LogP contribution in [0.4, 0.5) is 0 Å². The third kappa shape index (κ3) is 5.28. The summed E-state index contributed by atoms with van der Waals surface area (Å²) in [6, 6.07) is 0. The number of rotatable bonds is 8. The Bertz CT molecular complexity index is 883. The maximum absolute atomic E-state index is 12.3. The second kappa shape index (κ2) is 10.8. The number of fused-ring (bicyclic) bond motifs is 5. The van der Waals surface area contributed by atoms with Gasteiger partial charge in [0.1, 0.15) is 6.54 Å². The molecule has 4 fully saturated rings. The molecule has 0 spiro atoms. The normalized spacial score (nSPS) is 43.6. The Hall–Kier alpha value is -1.71. The first-order chi connectivity index (χ1) is 17.4. The number of carbonyl (C=O) groups is 3. The summed E-state index contributed by atoms with van der Waals surface area (Å²) in [7, 11) is 0. The lowest BCUT2D eigenvalue weighted by Crippen LogP contribution is -2.62. The largest absolute Gasteiger partial charge is 0.480 e. The molecule has 0 aromatic heterocycles. The van der Waals surface area contributed by atoms with Crippen molar-refractivity contribution >= 4 is 17.8 Å². The van der Waals surface area contributed by atoms with Crippen molar-refractivity contribution < 1.29 is 34.8 Å². The quantitative estimate of drug-likeness (QED) is 0.283. The first kappa shape index (κ1) is 28.3. The first-order valence-electron chi connectivity index (χ1n) is 14.2. The van der Waals surface area contributed by atoms with Crippen LogP contribution < -0.4 is 10.6 Å². The molecule has 9 heteroatoms. The van der Waals surface area contributed by atoms with Gasteiger partial charge < -0.3 is 31.1 Å². The lowest BCUT2D eigenvalue weighted by atomic mass is 9.43. The Kier molecular flexibility index (Phi) is 8.27. The molecule has 0 aromatic rings. The van der Waals surface area contributed by atoms with Gasteiger partial charge in [-0.2, -0.15) is 0 Å². The van der Waals surface area contributed by atoms with E-state index in [1.807, 2.05) is 0 Å². The molecule has 4 saturated carbocycles. The van der Waals surface area contributed by atoms with Gasteiger partial charge >= 0.3 is 5.97 Å². The van der Waals surface area contributed by atoms with E-state index in [2.05, 4.69) is 31.4 Å². The summed E-state index contributed by atoms with van der Waals surface area (Å²) >= 11 is 0. The predicted octanol–water partition coefficient (Wildman–Crippen LogP) is 1.68. The van der Waals surface area contributed by atoms with Crippen molar-refractivity contribution in [3.63, 3.8) is 0 Å². The fraction of sp³-hybridized carbons (Fsp3) is 0.893. The molecule has 0 heterocycles. The summed E-state index contributed by atoms with van der Waals surface area (Å²) in [4.78, 5) is 34.5. The fourth-order valence-corrected chi connectivity index (χ4v) is 9.20. The highest BCUT2D eigenvalue weighted by Gasteiger charge is 2.65. The SMILES string of the molecule is C[C@H](CCC(=O)NCC(=O)NCC(=O)O)[C@H]1CC[C@H]2[C@@H]3[C@H](O)CC4C[C@H](O)CC[C@]4(C)[C@H]3C[C@@H](O)[C@]12C. The van der Waals surface area contributed by atoms with Gasteiger partial charge in [0.25, 0.3) is 0 Å². The van der Waals surface area contributed by atoms with Gasteiger partial charge in [0, 0.05) is 6.42 Å². The highest BCUT2D eigenvalue weighted by Crippen LogP contribution is 2.68. The zero-order valence-electron chi connectivity index (χ0n) is 22.5. The van der Waals surface area contributed by atoms with Crippen LogP contribution in [0.1, 0.15) is 78.6 Å². The summed E-state index contributed by atoms with van der Waals surface area (Å²) in [6.45, 7) is 5.94. The number of hydrogen-bond donors (Lipinski definition) is 6. The Balaban J connectivity index is 1.38. The Morgan fingerprint density at radius 3 is 2.32 bits per heavy atom. The molecule has 0 aromatic carbocycles. The second-order valence-corrected chi connectivity index (χ2v) is 13.0. The first-order valence-corrected chi connectivity index (χ1v) is 14.2. The van der Waals surface area contributed by atoms with Gasteiger partial charge in [0.05, 0.1) is 24.9 Å². The minimum Gasteiger partial charge on any atom is -0.480 e. The number of amides is 2. The van der Waals surface area contributed by atoms with E-state index in [1.165, 1.54) is 0 Å². The molecule has 9 nitrogen and oxygen atoms in total. The van der Waals surface area contributed by atoms with Crippen LogP contribution in [0.5, 0.6) is 0 Å². The zero-order chi connectivity index (χ0) is 27.1. The van der Waals surface area contributed by atoms with Crippen molar-refractivity contribution in [1.82, 2.24) is 10.6 Å². The molecule has 4 rings (SSSR count). The van der Waals surface area contributed by atoms with Crippen molar-refractivity contribution in [3.05, 3.63) is 0 Å². The predicted molar refractivity (Wildman–Crippen MR) is 136 cm³/mol. The van der Waals surface area contributed by atoms with E-state index >= 15 is 0 Å². The highest BCUT2D eigenvalue weighted by molar-refractivity contribution is 5.86. The van der Waals surface area contributed by atoms with Crippen LogP contribution >= 0.6 is 0 Å². The van der Waals surface area contributed by atoms with Crippen LogP contribution in [0.15, 0.2) is 0 Å². The lowest BCUT2D eigenvalue weighted by Gasteiger charge is -2.63. The van der Waals surface area contributed by atoms with Gasteiger partial charge in [-0.15, -0.1) is 0 Å². The summed E-state index contributed by atoms with van der Waals surface area (Å²) in [5.41, 5.74) is -0.268. The van der Waals surface area contributed by atoms with E-state index in [0.29, 0.717) is 18.8 Å². The maximum Gasteiger partial charge on any atom is 0.322 e. The van der Waals surface area contributed by atoms with Gasteiger partial charge in [0.2, 0.25) is 11.8 Å². The zero-order valence-corrected chi connectivity index (χ0v) is 22.5. The second-order valence-electron chi connectivity index (χ2n) is 13.0. The fourth-order valence-electron chi connectivity index (χ4n) is 9.20. The van der Waals surface area contributed by atoms with Crippen LogP contribution in [0.3, 0.4) is 0 Å². The Labute approximate surface area is 219 Å². The molecule has 1 unspecified atom stereocenters. The Morgan fingerprint density at radius 1 is 0.919 bits per heavy atom. The molecule has 0 aliphatic heterocycles. The number of hydrogen-bond acceptors (Lipinski definition) is 6. The summed E-state index contributed by atoms with van der Waals surface area (Å²) in [5.74, 6) is -0.534. The smallest absolute Gasteiger partial charge is 0.322 e. The molecule has 210 valence electrons. The number of carbonyl (C=O) groups excluding carboxylic acids is 2. The third-order valence-corrected chi connectivity index (χ3v) is 11.2. The number of carboxylic acids is 1. The minimum absolute atomic E-state index is 0.0456. The molecule has 2 amide bonds. The van der Waals surface area contributed by atoms with Gasteiger partial charge in [-0.3, -0.25) is 14.4 Å². The van der Waals surface area contributed by atoms with Crippen LogP contribution in [0.2, 0.25) is 0 Å². The number of aliphatic carboxylic acids is 1. The van der Waals surface area contributed by atoms with Crippen LogP contribution in [-0.4, -0.2) is 69.6 Å². The summed E-state index contributed by atoms with van der Waals surface area (Å²) in [6.07, 6.45) is 5.60. The van der Waals surface area contributed by atoms with Crippen molar-refractivity contribution in [2.24, 2.45) is 46.3 Å². The number of carboxylic acid groups (broad SMARTS) is 1. The molecule has 0 bridgehead atoms. The Morgan fingerprint density at radius 2 is 1.62 bits per heavy atom. The van der Waals surface area contributed by atoms with Crippen molar-refractivity contribution in [1.29, 1.82) is 0 Å². The van der Waals surface area contributed by atoms with E-state index < -0.39 is 30.6 Å². The summed E-state index contributed by atoms with van der Waals surface area (Å²) in [5, 5.41) is 46.7. The lowest BCUT2D eigenvalue weighted by molar-refractivity contribution is -0.207. The van der Waals surface area contributed by atoms with E-state index in [1.54, 1.807) is 0 Å². The van der Waals surface area contributed by atoms with Gasteiger partial charge in [0.15, 0.2) is 0 Å². The van der Waals surface area contributed by atoms with Gasteiger partial charge in [-0.25, -0.2) is 0 Å². The van der Waals surface area contributed by atoms with Crippen molar-refractivity contribution in [2.75, 3.05) is 13.1 Å². The van der Waals surface area contributed by atoms with E-state index in [0.717, 1.165) is 38.5 Å². The van der Waals surface area contributed by atoms with Gasteiger partial charge in [-0.1, -0.05) is 20.8 Å². The average Bonchev–Trinajstić information content (AvgIpc) is 3.20. The van der Waals surface area contributed by atoms with Crippen LogP contribution in [0, 0.1) is 46.3 Å². The van der Waals surface area contributed by atoms with Crippen molar-refractivity contribution in [2.45, 2.75) is 96.9 Å². The molecule has 4 aliphatic carbocycles. The number of aliphatic hydroxyl groups excluding tert-OH is 3. The molecular weight excluding hydrogens is 476 g/mol. The van der Waals surface area contributed by atoms with E-state index in [4.69, 9.17) is 5.11 Å². The summed E-state index contributed by atoms with van der Waals surface area (Å²) < 4.78 is 0. The number of nitrogens with one attached hydrogen (secondary N) is 2. The number of aliphatic hydroxyl groups is 3. The minimum atomic E-state index is -1.14. The van der Waals surface area contributed by atoms with Crippen molar-refractivity contribution in [3.8, 4) is 0 Å². The van der Waals surface area contributed by atoms with Crippen LogP contribution in [-0.2, 0) is 14.4 Å². The highest BCUT2D eigenvalue weighted by atomic mass is 16.4. The monoisotopic (exact) mass is 522 g/mol. The van der Waals surface area contributed by atoms with E-state index in [9.17, 15) is 29.7 Å². The molecule has 0 radical (unpaired) electrons. The molecule has 11 atom stereocenters. The molecule has 6 N–H and O–H groups in total. The molecule has 4 aliphatic rings. The van der Waals surface area contributed by atoms with Gasteiger partial charge in [-0.05, 0) is 97.7 Å². The molecule has 37 heavy (non-hydrogen) atoms. The maximum atomic E-state index is 12.3.